The number of fused-ring (bicyclic) bond motifs is 1. The molecule has 0 bridgehead atoms. The highest BCUT2D eigenvalue weighted by Crippen LogP contribution is 2.31. The van der Waals surface area contributed by atoms with Crippen LogP contribution in [0.2, 0.25) is 0 Å². The van der Waals surface area contributed by atoms with Crippen LogP contribution < -0.4 is 4.90 Å². The number of piperazine rings is 1. The van der Waals surface area contributed by atoms with Crippen LogP contribution in [0.15, 0.2) is 30.5 Å². The highest BCUT2D eigenvalue weighted by Gasteiger charge is 2.23. The highest BCUT2D eigenvalue weighted by atomic mass is 15.3. The van der Waals surface area contributed by atoms with Gasteiger partial charge in [-0.15, -0.1) is 0 Å². The Kier molecular flexibility index (Phi) is 5.18. The Morgan fingerprint density at radius 1 is 1.19 bits per heavy atom. The molecule has 0 aromatic carbocycles. The molecule has 2 aromatic heterocycles. The molecule has 0 saturated carbocycles. The molecule has 6 nitrogen and oxygen atoms in total. The molecule has 2 aliphatic rings. The normalized spacial score (nSPS) is 20.1. The molecular weight excluding hydrogens is 336 g/mol. The molecular formula is C21H28N6. The van der Waals surface area contributed by atoms with E-state index in [9.17, 15) is 0 Å². The summed E-state index contributed by atoms with van der Waals surface area (Å²) in [5, 5.41) is 0. The van der Waals surface area contributed by atoms with Gasteiger partial charge in [0.25, 0.3) is 0 Å². The number of pyridine rings is 1. The first-order valence-electron chi connectivity index (χ1n) is 9.70. The topological polar surface area (TPSA) is 48.4 Å². The molecule has 0 spiro atoms. The van der Waals surface area contributed by atoms with E-state index in [4.69, 9.17) is 9.97 Å². The number of rotatable bonds is 4. The average Bonchev–Trinajstić information content (AvgIpc) is 2.67. The van der Waals surface area contributed by atoms with Gasteiger partial charge in [0.15, 0.2) is 0 Å². The number of likely N-dealkylation sites (N-methyl/N-ethyl adjacent to an activating group) is 1. The van der Waals surface area contributed by atoms with Crippen molar-refractivity contribution in [2.75, 3.05) is 45.2 Å². The summed E-state index contributed by atoms with van der Waals surface area (Å²) in [5.74, 6) is 1.90. The quantitative estimate of drug-likeness (QED) is 0.831. The van der Waals surface area contributed by atoms with E-state index < -0.39 is 0 Å². The summed E-state index contributed by atoms with van der Waals surface area (Å²) in [6.07, 6.45) is 7.29. The molecule has 1 atom stereocenters. The Labute approximate surface area is 161 Å². The number of aromatic nitrogens is 3. The lowest BCUT2D eigenvalue weighted by Crippen LogP contribution is -2.45. The molecule has 0 radical (unpaired) electrons. The summed E-state index contributed by atoms with van der Waals surface area (Å²) in [4.78, 5) is 21.1. The Morgan fingerprint density at radius 3 is 2.81 bits per heavy atom. The van der Waals surface area contributed by atoms with Crippen molar-refractivity contribution in [2.24, 2.45) is 0 Å². The van der Waals surface area contributed by atoms with E-state index in [1.807, 2.05) is 19.2 Å². The maximum Gasteiger partial charge on any atom is 0.132 e. The van der Waals surface area contributed by atoms with Crippen LogP contribution in [0.3, 0.4) is 0 Å². The van der Waals surface area contributed by atoms with Crippen molar-refractivity contribution < 1.29 is 0 Å². The lowest BCUT2D eigenvalue weighted by atomic mass is 9.97. The van der Waals surface area contributed by atoms with E-state index in [0.717, 1.165) is 62.2 Å². The lowest BCUT2D eigenvalue weighted by molar-refractivity contribution is 0.229. The second-order valence-electron chi connectivity index (χ2n) is 7.60. The Morgan fingerprint density at radius 2 is 2.00 bits per heavy atom. The number of hydrogen-bond acceptors (Lipinski definition) is 6. The second kappa shape index (κ2) is 7.74. The first-order chi connectivity index (χ1) is 13.1. The van der Waals surface area contributed by atoms with Gasteiger partial charge in [-0.05, 0) is 39.1 Å². The summed E-state index contributed by atoms with van der Waals surface area (Å²) in [7, 11) is 4.34. The molecule has 1 fully saturated rings. The zero-order valence-corrected chi connectivity index (χ0v) is 16.5. The average molecular weight is 364 g/mol. The molecule has 1 aliphatic carbocycles. The van der Waals surface area contributed by atoms with Crippen LogP contribution in [0.4, 0.5) is 5.82 Å². The first kappa shape index (κ1) is 18.1. The smallest absolute Gasteiger partial charge is 0.132 e. The molecule has 1 aliphatic heterocycles. The molecule has 2 aromatic rings. The molecule has 142 valence electrons. The van der Waals surface area contributed by atoms with Gasteiger partial charge in [0, 0.05) is 45.0 Å². The summed E-state index contributed by atoms with van der Waals surface area (Å²) < 4.78 is 0. The second-order valence-corrected chi connectivity index (χ2v) is 7.60. The van der Waals surface area contributed by atoms with Crippen molar-refractivity contribution in [3.63, 3.8) is 0 Å². The molecule has 0 amide bonds. The summed E-state index contributed by atoms with van der Waals surface area (Å²) >= 11 is 0. The Hall–Kier alpha value is -2.31. The summed E-state index contributed by atoms with van der Waals surface area (Å²) in [5.41, 5.74) is 3.45. The predicted molar refractivity (Wildman–Crippen MR) is 109 cm³/mol. The van der Waals surface area contributed by atoms with Crippen molar-refractivity contribution in [3.05, 3.63) is 53.2 Å². The van der Waals surface area contributed by atoms with Crippen LogP contribution in [-0.2, 0) is 6.54 Å². The van der Waals surface area contributed by atoms with E-state index in [2.05, 4.69) is 58.1 Å². The van der Waals surface area contributed by atoms with Gasteiger partial charge in [-0.2, -0.15) is 0 Å². The number of anilines is 1. The van der Waals surface area contributed by atoms with Gasteiger partial charge in [-0.1, -0.05) is 18.2 Å². The van der Waals surface area contributed by atoms with Gasteiger partial charge in [0.05, 0.1) is 17.4 Å². The third-order valence-corrected chi connectivity index (χ3v) is 5.49. The zero-order valence-electron chi connectivity index (χ0n) is 16.5. The van der Waals surface area contributed by atoms with Gasteiger partial charge in [0.2, 0.25) is 0 Å². The standard InChI is InChI=1S/C21H28N6/c1-16-23-18(14-20(24-16)27-12-10-25(2)11-13-27)15-26(3)19-8-4-6-17-7-5-9-22-21(17)19/h4-7,9,14,19H,8,10-13,15H2,1-3H3/t19-/m0/s1. The van der Waals surface area contributed by atoms with Crippen molar-refractivity contribution in [3.8, 4) is 0 Å². The first-order valence-corrected chi connectivity index (χ1v) is 9.70. The minimum absolute atomic E-state index is 0.286. The Balaban J connectivity index is 1.52. The van der Waals surface area contributed by atoms with Crippen LogP contribution in [0.1, 0.15) is 35.2 Å². The van der Waals surface area contributed by atoms with Crippen molar-refractivity contribution >= 4 is 11.9 Å². The fourth-order valence-corrected chi connectivity index (χ4v) is 3.93. The minimum atomic E-state index is 0.286. The van der Waals surface area contributed by atoms with E-state index in [1.165, 1.54) is 5.56 Å². The predicted octanol–water partition coefficient (Wildman–Crippen LogP) is 2.52. The van der Waals surface area contributed by atoms with Crippen LogP contribution in [0.5, 0.6) is 0 Å². The highest BCUT2D eigenvalue weighted by molar-refractivity contribution is 5.55. The maximum atomic E-state index is 4.71. The molecule has 4 rings (SSSR count). The lowest BCUT2D eigenvalue weighted by Gasteiger charge is -2.33. The number of aryl methyl sites for hydroxylation is 1. The third kappa shape index (κ3) is 4.01. The van der Waals surface area contributed by atoms with E-state index in [-0.39, 0.29) is 6.04 Å². The van der Waals surface area contributed by atoms with E-state index in [1.54, 1.807) is 0 Å². The van der Waals surface area contributed by atoms with E-state index in [0.29, 0.717) is 0 Å². The van der Waals surface area contributed by atoms with E-state index >= 15 is 0 Å². The fraction of sp³-hybridized carbons (Fsp3) is 0.476. The fourth-order valence-electron chi connectivity index (χ4n) is 3.93. The van der Waals surface area contributed by atoms with Gasteiger partial charge in [-0.3, -0.25) is 9.88 Å². The van der Waals surface area contributed by atoms with Gasteiger partial charge in [0.1, 0.15) is 11.6 Å². The molecule has 0 unspecified atom stereocenters. The van der Waals surface area contributed by atoms with Crippen molar-refractivity contribution in [2.45, 2.75) is 25.9 Å². The minimum Gasteiger partial charge on any atom is -0.354 e. The van der Waals surface area contributed by atoms with Crippen molar-refractivity contribution in [1.29, 1.82) is 0 Å². The largest absolute Gasteiger partial charge is 0.354 e. The molecule has 6 heteroatoms. The molecule has 3 heterocycles. The molecule has 27 heavy (non-hydrogen) atoms. The SMILES string of the molecule is Cc1nc(CN(C)[C@H]2CC=Cc3cccnc32)cc(N2CCN(C)CC2)n1. The molecule has 0 N–H and O–H groups in total. The monoisotopic (exact) mass is 364 g/mol. The van der Waals surface area contributed by atoms with Crippen LogP contribution in [0, 0.1) is 6.92 Å². The van der Waals surface area contributed by atoms with Crippen LogP contribution in [0.25, 0.3) is 6.08 Å². The third-order valence-electron chi connectivity index (χ3n) is 5.49. The Bertz CT molecular complexity index is 825. The van der Waals surface area contributed by atoms with Crippen LogP contribution in [-0.4, -0.2) is 65.0 Å². The van der Waals surface area contributed by atoms with Crippen LogP contribution >= 0.6 is 0 Å². The number of hydrogen-bond donors (Lipinski definition) is 0. The maximum absolute atomic E-state index is 4.71. The van der Waals surface area contributed by atoms with Gasteiger partial charge < -0.3 is 9.80 Å². The van der Waals surface area contributed by atoms with Gasteiger partial charge >= 0.3 is 0 Å². The number of nitrogens with zero attached hydrogens (tertiary/aromatic N) is 6. The zero-order chi connectivity index (χ0) is 18.8. The molecule has 1 saturated heterocycles. The van der Waals surface area contributed by atoms with Gasteiger partial charge in [-0.25, -0.2) is 9.97 Å². The van der Waals surface area contributed by atoms with Crippen molar-refractivity contribution in [1.82, 2.24) is 24.8 Å². The summed E-state index contributed by atoms with van der Waals surface area (Å²) in [6.45, 7) is 6.98. The summed E-state index contributed by atoms with van der Waals surface area (Å²) in [6, 6.07) is 6.58.